The van der Waals surface area contributed by atoms with Gasteiger partial charge < -0.3 is 10.5 Å². The number of halogens is 2. The van der Waals surface area contributed by atoms with E-state index in [9.17, 15) is 0 Å². The second-order valence-corrected chi connectivity index (χ2v) is 4.88. The Balaban J connectivity index is 3.29. The van der Waals surface area contributed by atoms with Crippen molar-refractivity contribution in [2.24, 2.45) is 5.73 Å². The van der Waals surface area contributed by atoms with Gasteiger partial charge in [-0.25, -0.2) is 0 Å². The Bertz CT molecular complexity index is 315. The fourth-order valence-corrected chi connectivity index (χ4v) is 2.90. The smallest absolute Gasteiger partial charge is 0.137 e. The van der Waals surface area contributed by atoms with Crippen LogP contribution in [-0.2, 0) is 0 Å². The average Bonchev–Trinajstić information content (AvgIpc) is 2.02. The quantitative estimate of drug-likeness (QED) is 0.827. The summed E-state index contributed by atoms with van der Waals surface area (Å²) in [6, 6.07) is 3.98. The van der Waals surface area contributed by atoms with E-state index in [-0.39, 0.29) is 6.04 Å². The number of benzene rings is 1. The third kappa shape index (κ3) is 2.57. The van der Waals surface area contributed by atoms with Crippen molar-refractivity contribution < 1.29 is 4.74 Å². The average molecular weight is 356 g/mol. The highest BCUT2D eigenvalue weighted by atomic mass is 127. The number of ether oxygens (including phenoxy) is 1. The summed E-state index contributed by atoms with van der Waals surface area (Å²) in [6.45, 7) is 1.94. The molecule has 1 aromatic rings. The van der Waals surface area contributed by atoms with Crippen molar-refractivity contribution in [1.82, 2.24) is 0 Å². The Labute approximate surface area is 100 Å². The molecule has 1 unspecified atom stereocenters. The lowest BCUT2D eigenvalue weighted by atomic mass is 10.1. The first-order chi connectivity index (χ1) is 6.06. The first kappa shape index (κ1) is 11.3. The number of rotatable bonds is 2. The zero-order valence-corrected chi connectivity index (χ0v) is 11.2. The normalized spacial score (nSPS) is 12.7. The largest absolute Gasteiger partial charge is 0.495 e. The van der Waals surface area contributed by atoms with Crippen LogP contribution in [0.3, 0.4) is 0 Å². The Kier molecular flexibility index (Phi) is 4.00. The highest BCUT2D eigenvalue weighted by Gasteiger charge is 2.11. The molecule has 0 bridgehead atoms. The highest BCUT2D eigenvalue weighted by Crippen LogP contribution is 2.32. The van der Waals surface area contributed by atoms with E-state index in [1.165, 1.54) is 0 Å². The minimum atomic E-state index is -0.0130. The molecule has 0 aliphatic carbocycles. The van der Waals surface area contributed by atoms with Gasteiger partial charge in [-0.15, -0.1) is 0 Å². The van der Waals surface area contributed by atoms with Gasteiger partial charge in [-0.05, 0) is 41.6 Å². The maximum Gasteiger partial charge on any atom is 0.137 e. The molecule has 2 N–H and O–H groups in total. The first-order valence-electron chi connectivity index (χ1n) is 3.84. The van der Waals surface area contributed by atoms with Crippen LogP contribution in [0.25, 0.3) is 0 Å². The van der Waals surface area contributed by atoms with Gasteiger partial charge in [-0.1, -0.05) is 15.9 Å². The molecule has 2 nitrogen and oxygen atoms in total. The maximum atomic E-state index is 5.82. The molecule has 0 aliphatic heterocycles. The lowest BCUT2D eigenvalue weighted by Gasteiger charge is -2.13. The van der Waals surface area contributed by atoms with Gasteiger partial charge in [0.2, 0.25) is 0 Å². The standard InChI is InChI=1S/C9H11BrINO/c1-5(12)7-3-6(10)4-8(11)9(7)13-2/h3-5H,12H2,1-2H3. The van der Waals surface area contributed by atoms with Crippen molar-refractivity contribution in [2.75, 3.05) is 7.11 Å². The van der Waals surface area contributed by atoms with Crippen LogP contribution in [0.5, 0.6) is 5.75 Å². The molecule has 0 radical (unpaired) electrons. The summed E-state index contributed by atoms with van der Waals surface area (Å²) in [5.41, 5.74) is 6.85. The van der Waals surface area contributed by atoms with Gasteiger partial charge in [0.15, 0.2) is 0 Å². The van der Waals surface area contributed by atoms with Gasteiger partial charge in [0.05, 0.1) is 10.7 Å². The number of methoxy groups -OCH3 is 1. The van der Waals surface area contributed by atoms with Crippen LogP contribution in [0.4, 0.5) is 0 Å². The van der Waals surface area contributed by atoms with Crippen LogP contribution in [0.15, 0.2) is 16.6 Å². The Morgan fingerprint density at radius 2 is 2.15 bits per heavy atom. The van der Waals surface area contributed by atoms with Crippen molar-refractivity contribution in [3.8, 4) is 5.75 Å². The van der Waals surface area contributed by atoms with Crippen LogP contribution >= 0.6 is 38.5 Å². The van der Waals surface area contributed by atoms with Crippen LogP contribution in [0.2, 0.25) is 0 Å². The summed E-state index contributed by atoms with van der Waals surface area (Å²) in [5, 5.41) is 0. The van der Waals surface area contributed by atoms with Gasteiger partial charge >= 0.3 is 0 Å². The van der Waals surface area contributed by atoms with Crippen LogP contribution in [-0.4, -0.2) is 7.11 Å². The molecule has 72 valence electrons. The van der Waals surface area contributed by atoms with E-state index in [4.69, 9.17) is 10.5 Å². The molecule has 0 fully saturated rings. The molecular formula is C9H11BrINO. The molecule has 1 aromatic carbocycles. The van der Waals surface area contributed by atoms with Crippen molar-refractivity contribution in [2.45, 2.75) is 13.0 Å². The minimum Gasteiger partial charge on any atom is -0.495 e. The third-order valence-electron chi connectivity index (χ3n) is 1.73. The molecule has 4 heteroatoms. The van der Waals surface area contributed by atoms with Crippen molar-refractivity contribution in [3.63, 3.8) is 0 Å². The Hall–Kier alpha value is 0.190. The maximum absolute atomic E-state index is 5.82. The van der Waals surface area contributed by atoms with E-state index in [0.29, 0.717) is 0 Å². The molecule has 0 aromatic heterocycles. The molecular weight excluding hydrogens is 345 g/mol. The molecule has 0 saturated heterocycles. The number of nitrogens with two attached hydrogens (primary N) is 1. The summed E-state index contributed by atoms with van der Waals surface area (Å²) in [6.07, 6.45) is 0. The van der Waals surface area contributed by atoms with Crippen LogP contribution < -0.4 is 10.5 Å². The van der Waals surface area contributed by atoms with E-state index < -0.39 is 0 Å². The molecule has 0 saturated carbocycles. The van der Waals surface area contributed by atoms with Gasteiger partial charge in [-0.2, -0.15) is 0 Å². The second-order valence-electron chi connectivity index (χ2n) is 2.80. The van der Waals surface area contributed by atoms with Gasteiger partial charge in [0.25, 0.3) is 0 Å². The summed E-state index contributed by atoms with van der Waals surface area (Å²) < 4.78 is 7.39. The predicted octanol–water partition coefficient (Wildman–Crippen LogP) is 3.08. The summed E-state index contributed by atoms with van der Waals surface area (Å²) >= 11 is 5.66. The zero-order chi connectivity index (χ0) is 10.0. The zero-order valence-electron chi connectivity index (χ0n) is 7.47. The van der Waals surface area contributed by atoms with Gasteiger partial charge in [-0.3, -0.25) is 0 Å². The van der Waals surface area contributed by atoms with E-state index in [2.05, 4.69) is 38.5 Å². The molecule has 0 heterocycles. The van der Waals surface area contributed by atoms with Crippen molar-refractivity contribution >= 4 is 38.5 Å². The number of hydrogen-bond donors (Lipinski definition) is 1. The predicted molar refractivity (Wildman–Crippen MR) is 66.0 cm³/mol. The highest BCUT2D eigenvalue weighted by molar-refractivity contribution is 14.1. The van der Waals surface area contributed by atoms with Crippen LogP contribution in [0.1, 0.15) is 18.5 Å². The van der Waals surface area contributed by atoms with E-state index in [1.807, 2.05) is 19.1 Å². The van der Waals surface area contributed by atoms with Crippen molar-refractivity contribution in [1.29, 1.82) is 0 Å². The summed E-state index contributed by atoms with van der Waals surface area (Å²) in [5.74, 6) is 0.874. The van der Waals surface area contributed by atoms with Gasteiger partial charge in [0.1, 0.15) is 5.75 Å². The Morgan fingerprint density at radius 3 is 2.62 bits per heavy atom. The monoisotopic (exact) mass is 355 g/mol. The fraction of sp³-hybridized carbons (Fsp3) is 0.333. The summed E-state index contributed by atoms with van der Waals surface area (Å²) in [4.78, 5) is 0. The minimum absolute atomic E-state index is 0.0130. The first-order valence-corrected chi connectivity index (χ1v) is 5.72. The number of hydrogen-bond acceptors (Lipinski definition) is 2. The van der Waals surface area contributed by atoms with E-state index in [1.54, 1.807) is 7.11 Å². The molecule has 0 spiro atoms. The van der Waals surface area contributed by atoms with Gasteiger partial charge in [0, 0.05) is 16.1 Å². The lowest BCUT2D eigenvalue weighted by Crippen LogP contribution is -2.07. The third-order valence-corrected chi connectivity index (χ3v) is 2.99. The molecule has 13 heavy (non-hydrogen) atoms. The second kappa shape index (κ2) is 4.61. The fourth-order valence-electron chi connectivity index (χ4n) is 1.13. The van der Waals surface area contributed by atoms with Crippen molar-refractivity contribution in [3.05, 3.63) is 25.7 Å². The molecule has 0 aliphatic rings. The van der Waals surface area contributed by atoms with Crippen LogP contribution in [0, 0.1) is 3.57 Å². The van der Waals surface area contributed by atoms with E-state index >= 15 is 0 Å². The Morgan fingerprint density at radius 1 is 1.54 bits per heavy atom. The lowest BCUT2D eigenvalue weighted by molar-refractivity contribution is 0.404. The molecule has 1 atom stereocenters. The topological polar surface area (TPSA) is 35.2 Å². The summed E-state index contributed by atoms with van der Waals surface area (Å²) in [7, 11) is 1.66. The SMILES string of the molecule is COc1c(I)cc(Br)cc1C(C)N. The van der Waals surface area contributed by atoms with E-state index in [0.717, 1.165) is 19.4 Å². The molecule has 1 rings (SSSR count). The molecule has 0 amide bonds.